The van der Waals surface area contributed by atoms with Crippen molar-refractivity contribution in [2.45, 2.75) is 169 Å². The van der Waals surface area contributed by atoms with E-state index < -0.39 is 267 Å². The number of anilines is 1. The summed E-state index contributed by atoms with van der Waals surface area (Å²) in [5.74, 6) is -16.9. The van der Waals surface area contributed by atoms with Crippen molar-refractivity contribution in [3.63, 3.8) is 0 Å². The number of phenols is 3. The predicted molar refractivity (Wildman–Crippen MR) is 435 cm³/mol. The summed E-state index contributed by atoms with van der Waals surface area (Å²) >= 11 is 14.3. The number of phenolic OH excluding ortho intramolecular Hbond substituents is 3. The molecule has 16 unspecified atom stereocenters. The van der Waals surface area contributed by atoms with Gasteiger partial charge in [0, 0.05) is 53.5 Å². The quantitative estimate of drug-likeness (QED) is 0.0342. The molecule has 0 aromatic heterocycles. The number of likely N-dealkylation sites (N-methyl/N-ethyl adjacent to an activating group) is 1. The van der Waals surface area contributed by atoms with Gasteiger partial charge in [-0.15, -0.1) is 13.2 Å². The lowest BCUT2D eigenvalue weighted by Crippen LogP contribution is -2.65. The van der Waals surface area contributed by atoms with Gasteiger partial charge in [0.1, 0.15) is 101 Å². The van der Waals surface area contributed by atoms with Crippen molar-refractivity contribution in [1.29, 1.82) is 0 Å². The minimum Gasteiger partial charge on any atom is -0.508 e. The smallest absolute Gasteiger partial charge is 0.508 e. The van der Waals surface area contributed by atoms with Crippen LogP contribution in [-0.4, -0.2) is 216 Å². The van der Waals surface area contributed by atoms with Crippen molar-refractivity contribution < 1.29 is 141 Å². The van der Waals surface area contributed by atoms with E-state index in [1.54, 1.807) is 45.0 Å². The summed E-state index contributed by atoms with van der Waals surface area (Å²) in [4.78, 5) is 133. The Kier molecular flexibility index (Phi) is 29.2. The number of amides is 9. The minimum atomic E-state index is -4.96. The second-order valence-corrected chi connectivity index (χ2v) is 31.8. The van der Waals surface area contributed by atoms with E-state index in [4.69, 9.17) is 57.4 Å². The van der Waals surface area contributed by atoms with E-state index in [9.17, 15) is 83.4 Å². The van der Waals surface area contributed by atoms with Crippen LogP contribution < -0.4 is 83.4 Å². The second-order valence-electron chi connectivity index (χ2n) is 31.0. The molecule has 7 aromatic carbocycles. The minimum absolute atomic E-state index is 0.0127. The number of ether oxygens (including phenoxy) is 7. The molecular formula is C83H91Cl2F3N12O26. The SMILES string of the molecule is CNC(CC(C)C)C(=O)NC1C(=O)NC(CC(N)=O)C(=O)NC2C(=O)NC3C(=O)NC(C(=O)N[C@@H](C(=O)NNCCO)c4cc(O)cc(O)c4-c4cc3ccc4O)C(O)c3ccc(c(Cl)c3)Oc3cc2cc(c3OC2OC(CO)C(O)C(O)C2OC2C[C@@](C)(NCc3ccc(NC(=O)c4ccc(OC(F)(F)F)cc4)cc3)C(O)C(C)O2)Oc2ccc(cc2Cl)C1O. The maximum Gasteiger partial charge on any atom is 0.573 e. The van der Waals surface area contributed by atoms with Crippen molar-refractivity contribution in [2.24, 2.45) is 11.7 Å². The Morgan fingerprint density at radius 2 is 1.32 bits per heavy atom. The number of hydrogen-bond donors (Lipinski definition) is 22. The number of nitrogens with one attached hydrogen (secondary N) is 11. The molecule has 7 aliphatic heterocycles. The number of primary amides is 1. The highest BCUT2D eigenvalue weighted by atomic mass is 35.5. The monoisotopic (exact) mass is 1800 g/mol. The third-order valence-electron chi connectivity index (χ3n) is 21.5. The molecule has 7 aromatic rings. The zero-order chi connectivity index (χ0) is 91.2. The molecule has 18 atom stereocenters. The summed E-state index contributed by atoms with van der Waals surface area (Å²) in [6.07, 6.45) is -24.5. The van der Waals surface area contributed by atoms with Crippen LogP contribution in [0.25, 0.3) is 11.1 Å². The molecule has 14 rings (SSSR count). The van der Waals surface area contributed by atoms with Crippen LogP contribution in [-0.2, 0) is 59.1 Å². The van der Waals surface area contributed by atoms with E-state index in [2.05, 4.69) is 63.4 Å². The Balaban J connectivity index is 1.00. The maximum atomic E-state index is 16.3. The summed E-state index contributed by atoms with van der Waals surface area (Å²) in [5.41, 5.74) is 7.24. The summed E-state index contributed by atoms with van der Waals surface area (Å²) in [5, 5.41) is 139. The van der Waals surface area contributed by atoms with Crippen molar-refractivity contribution in [2.75, 3.05) is 32.1 Å². The first-order valence-corrected chi connectivity index (χ1v) is 40.1. The second kappa shape index (κ2) is 39.4. The fourth-order valence-corrected chi connectivity index (χ4v) is 15.4. The Labute approximate surface area is 724 Å². The lowest BCUT2D eigenvalue weighted by molar-refractivity contribution is -0.334. The molecule has 126 heavy (non-hydrogen) atoms. The highest BCUT2D eigenvalue weighted by Crippen LogP contribution is 2.50. The Hall–Kier alpha value is -11.8. The van der Waals surface area contributed by atoms with Crippen LogP contribution in [0.3, 0.4) is 0 Å². The fourth-order valence-electron chi connectivity index (χ4n) is 14.9. The number of hydrazine groups is 1. The Bertz CT molecular complexity index is 5260. The number of carbonyl (C=O) groups is 9. The Morgan fingerprint density at radius 3 is 1.93 bits per heavy atom. The molecule has 674 valence electrons. The first-order chi connectivity index (χ1) is 59.7. The summed E-state index contributed by atoms with van der Waals surface area (Å²) in [7, 11) is 1.46. The first kappa shape index (κ1) is 93.4. The van der Waals surface area contributed by atoms with Gasteiger partial charge in [-0.2, -0.15) is 0 Å². The van der Waals surface area contributed by atoms with Gasteiger partial charge in [-0.25, -0.2) is 5.43 Å². The van der Waals surface area contributed by atoms with E-state index >= 15 is 24.0 Å². The van der Waals surface area contributed by atoms with Crippen molar-refractivity contribution in [3.8, 4) is 62.9 Å². The standard InChI is InChI=1S/C83H91Cl2F3N12O26/c1-34(2)22-49(90-5)74(113)98-64-66(107)39-11-18-53(47(84)24-39)121-55-26-41-27-56(70(55)125-81-71(69(110)68(109)57(33-102)123-81)124-59-31-82(4,72(111)35(3)120-59)91-32-36-6-13-42(14-7-36)93-73(112)37-8-15-44(16-9-37)126-83(86,87)88)122-54-19-12-40(25-48(54)85)67(108)65-79(118)97-63(80(119)100-92-20-21-101)46-28-43(103)29-52(105)60(46)45-23-38(10-17-51(45)104)61(76(115)99-65)96-77(116)62(41)95-75(114)50(30-58(89)106)94-78(64)117/h6-19,23-29,34-35,49-50,57,59,61-69,71-72,81,90-92,101-105,107-111H,20-22,30-33H2,1-5H3,(H2,89,106)(H,93,112)(H,94,117)(H,95,114)(H,96,116)(H,97,118)(H,98,113)(H,99,115)(H,100,119)/t35?,49?,50?,57?,59?,61?,62?,63-,64?,65?,66?,67?,68?,69?,71?,72?,81?,82-/m1/s1. The summed E-state index contributed by atoms with van der Waals surface area (Å²) in [6, 6.07) is 9.86. The van der Waals surface area contributed by atoms with E-state index in [1.165, 1.54) is 26.1 Å². The molecule has 2 saturated heterocycles. The lowest BCUT2D eigenvalue weighted by Gasteiger charge is -2.48. The molecule has 2 fully saturated rings. The maximum absolute atomic E-state index is 16.3. The summed E-state index contributed by atoms with van der Waals surface area (Å²) < 4.78 is 81.7. The highest BCUT2D eigenvalue weighted by Gasteiger charge is 2.53. The van der Waals surface area contributed by atoms with Crippen LogP contribution >= 0.6 is 23.2 Å². The number of nitrogens with two attached hydrogens (primary N) is 1. The number of rotatable bonds is 22. The number of alkyl halides is 3. The van der Waals surface area contributed by atoms with Gasteiger partial charge < -0.3 is 138 Å². The van der Waals surface area contributed by atoms with Crippen molar-refractivity contribution >= 4 is 82.1 Å². The number of benzene rings is 7. The van der Waals surface area contributed by atoms with Crippen LogP contribution in [0.4, 0.5) is 18.9 Å². The molecule has 0 spiro atoms. The van der Waals surface area contributed by atoms with E-state index in [0.29, 0.717) is 11.3 Å². The molecule has 0 radical (unpaired) electrons. The van der Waals surface area contributed by atoms with Gasteiger partial charge in [0.2, 0.25) is 53.4 Å². The largest absolute Gasteiger partial charge is 0.573 e. The zero-order valence-electron chi connectivity index (χ0n) is 67.4. The Morgan fingerprint density at radius 1 is 0.690 bits per heavy atom. The molecule has 23 N–H and O–H groups in total. The topological polar surface area (TPSA) is 579 Å². The number of aliphatic hydroxyl groups excluding tert-OH is 7. The van der Waals surface area contributed by atoms with Gasteiger partial charge in [-0.05, 0) is 158 Å². The number of aliphatic hydroxyl groups is 7. The number of halogens is 5. The van der Waals surface area contributed by atoms with Gasteiger partial charge >= 0.3 is 6.36 Å². The van der Waals surface area contributed by atoms with Crippen molar-refractivity contribution in [3.05, 3.63) is 176 Å². The number of aromatic hydroxyl groups is 3. The van der Waals surface area contributed by atoms with Gasteiger partial charge in [0.25, 0.3) is 11.8 Å². The summed E-state index contributed by atoms with van der Waals surface area (Å²) in [6.45, 7) is 4.89. The van der Waals surface area contributed by atoms with Gasteiger partial charge in [0.05, 0.1) is 47.9 Å². The van der Waals surface area contributed by atoms with Gasteiger partial charge in [0.15, 0.2) is 23.9 Å². The zero-order valence-corrected chi connectivity index (χ0v) is 68.9. The van der Waals surface area contributed by atoms with E-state index in [-0.39, 0.29) is 59.9 Å². The molecule has 38 nitrogen and oxygen atoms in total. The third kappa shape index (κ3) is 21.5. The van der Waals surface area contributed by atoms with Crippen LogP contribution in [0, 0.1) is 5.92 Å². The number of fused-ring (bicyclic) bond motifs is 15. The highest BCUT2D eigenvalue weighted by molar-refractivity contribution is 6.32. The molecule has 9 amide bonds. The van der Waals surface area contributed by atoms with Crippen molar-refractivity contribution in [1.82, 2.24) is 53.4 Å². The average molecular weight is 1800 g/mol. The van der Waals surface area contributed by atoms with Crippen LogP contribution in [0.2, 0.25) is 10.0 Å². The number of carbonyl (C=O) groups excluding carboxylic acids is 9. The lowest BCUT2D eigenvalue weighted by atomic mass is 9.84. The van der Waals surface area contributed by atoms with Crippen LogP contribution in [0.15, 0.2) is 127 Å². The van der Waals surface area contributed by atoms with E-state index in [0.717, 1.165) is 91.0 Å². The molecule has 0 saturated carbocycles. The molecule has 7 heterocycles. The fraction of sp³-hybridized carbons (Fsp3) is 0.386. The van der Waals surface area contributed by atoms with Crippen LogP contribution in [0.1, 0.15) is 121 Å². The molecule has 7 aliphatic rings. The molecular weight excluding hydrogens is 1710 g/mol. The molecule has 11 bridgehead atoms. The molecule has 0 aliphatic carbocycles. The average Bonchev–Trinajstić information content (AvgIpc) is 0.765. The normalized spacial score (nSPS) is 25.9. The van der Waals surface area contributed by atoms with Crippen LogP contribution in [0.5, 0.6) is 51.7 Å². The van der Waals surface area contributed by atoms with Gasteiger partial charge in [-0.1, -0.05) is 67.4 Å². The molecule has 43 heteroatoms. The number of hydrogen-bond acceptors (Lipinski definition) is 29. The predicted octanol–water partition coefficient (Wildman–Crippen LogP) is 2.62. The van der Waals surface area contributed by atoms with E-state index in [1.807, 2.05) is 0 Å². The van der Waals surface area contributed by atoms with Gasteiger partial charge in [-0.3, -0.25) is 48.6 Å². The third-order valence-corrected chi connectivity index (χ3v) is 22.0. The first-order valence-electron chi connectivity index (χ1n) is 39.3.